The van der Waals surface area contributed by atoms with Gasteiger partial charge in [0.1, 0.15) is 6.04 Å². The molecule has 0 aliphatic carbocycles. The largest absolute Gasteiger partial charge is 0.480 e. The van der Waals surface area contributed by atoms with Gasteiger partial charge in [-0.3, -0.25) is 0 Å². The number of carboxylic acid groups (broad SMARTS) is 1. The highest BCUT2D eigenvalue weighted by Gasteiger charge is 2.17. The highest BCUT2D eigenvalue weighted by Crippen LogP contribution is 2.04. The van der Waals surface area contributed by atoms with Crippen LogP contribution in [0.3, 0.4) is 0 Å². The summed E-state index contributed by atoms with van der Waals surface area (Å²) in [6, 6.07) is 7.47. The highest BCUT2D eigenvalue weighted by atomic mass is 16.4. The summed E-state index contributed by atoms with van der Waals surface area (Å²) in [4.78, 5) is 22.1. The van der Waals surface area contributed by atoms with Crippen molar-refractivity contribution in [2.24, 2.45) is 0 Å². The highest BCUT2D eigenvalue weighted by molar-refractivity contribution is 5.92. The molecule has 0 unspecified atom stereocenters. The Balaban J connectivity index is 2.50. The van der Waals surface area contributed by atoms with E-state index in [0.29, 0.717) is 12.1 Å². The van der Waals surface area contributed by atoms with Crippen molar-refractivity contribution in [1.29, 1.82) is 0 Å². The van der Waals surface area contributed by atoms with Gasteiger partial charge in [-0.05, 0) is 18.6 Å². The van der Waals surface area contributed by atoms with Gasteiger partial charge in [-0.15, -0.1) is 0 Å². The Morgan fingerprint density at radius 3 is 2.44 bits per heavy atom. The third-order valence-electron chi connectivity index (χ3n) is 2.04. The number of para-hydroxylation sites is 1. The van der Waals surface area contributed by atoms with Crippen LogP contribution in [0, 0.1) is 0 Å². The van der Waals surface area contributed by atoms with Crippen molar-refractivity contribution in [3.05, 3.63) is 30.3 Å². The van der Waals surface area contributed by atoms with Gasteiger partial charge in [0.25, 0.3) is 0 Å². The van der Waals surface area contributed by atoms with E-state index in [0.717, 1.165) is 0 Å². The quantitative estimate of drug-likeness (QED) is 0.725. The molecule has 0 aliphatic rings. The van der Waals surface area contributed by atoms with Crippen LogP contribution in [0.4, 0.5) is 10.5 Å². The first-order chi connectivity index (χ1) is 7.63. The maximum Gasteiger partial charge on any atom is 0.326 e. The molecule has 5 heteroatoms. The summed E-state index contributed by atoms with van der Waals surface area (Å²) in [5.41, 5.74) is 0.625. The normalized spacial score (nSPS) is 11.6. The van der Waals surface area contributed by atoms with Crippen LogP contribution in [0.2, 0.25) is 0 Å². The fourth-order valence-corrected chi connectivity index (χ4v) is 1.19. The monoisotopic (exact) mass is 222 g/mol. The lowest BCUT2D eigenvalue weighted by Gasteiger charge is -2.12. The number of carboxylic acids is 1. The number of urea groups is 1. The molecule has 0 saturated carbocycles. The van der Waals surface area contributed by atoms with Crippen LogP contribution in [0.1, 0.15) is 13.3 Å². The van der Waals surface area contributed by atoms with E-state index in [1.54, 1.807) is 31.2 Å². The number of carbonyl (C=O) groups is 2. The molecule has 3 N–H and O–H groups in total. The molecule has 0 heterocycles. The molecule has 0 saturated heterocycles. The molecule has 5 nitrogen and oxygen atoms in total. The molecule has 1 aromatic carbocycles. The number of nitrogens with one attached hydrogen (secondary N) is 2. The molecule has 86 valence electrons. The first-order valence-corrected chi connectivity index (χ1v) is 4.99. The van der Waals surface area contributed by atoms with Gasteiger partial charge in [-0.25, -0.2) is 9.59 Å². The predicted molar refractivity (Wildman–Crippen MR) is 60.3 cm³/mol. The first kappa shape index (κ1) is 12.0. The van der Waals surface area contributed by atoms with Crippen molar-refractivity contribution < 1.29 is 14.7 Å². The average molecular weight is 222 g/mol. The third-order valence-corrected chi connectivity index (χ3v) is 2.04. The second-order valence-corrected chi connectivity index (χ2v) is 3.26. The number of amides is 2. The van der Waals surface area contributed by atoms with Crippen LogP contribution in [-0.2, 0) is 4.79 Å². The molecule has 0 bridgehead atoms. The van der Waals surface area contributed by atoms with Crippen LogP contribution in [0.25, 0.3) is 0 Å². The zero-order chi connectivity index (χ0) is 12.0. The van der Waals surface area contributed by atoms with E-state index in [2.05, 4.69) is 10.6 Å². The van der Waals surface area contributed by atoms with Crippen LogP contribution in [0.15, 0.2) is 30.3 Å². The standard InChI is InChI=1S/C11H14N2O3/c1-2-9(10(14)15)13-11(16)12-8-6-4-3-5-7-8/h3-7,9H,2H2,1H3,(H,14,15)(H2,12,13,16)/t9-/m0/s1. The molecule has 0 radical (unpaired) electrons. The van der Waals surface area contributed by atoms with Gasteiger partial charge in [0, 0.05) is 5.69 Å². The van der Waals surface area contributed by atoms with Crippen LogP contribution >= 0.6 is 0 Å². The lowest BCUT2D eigenvalue weighted by atomic mass is 10.2. The third kappa shape index (κ3) is 3.61. The van der Waals surface area contributed by atoms with Gasteiger partial charge >= 0.3 is 12.0 Å². The Hall–Kier alpha value is -2.04. The van der Waals surface area contributed by atoms with Crippen molar-refractivity contribution >= 4 is 17.7 Å². The number of hydrogen-bond acceptors (Lipinski definition) is 2. The number of aliphatic carboxylic acids is 1. The van der Waals surface area contributed by atoms with Crippen LogP contribution in [-0.4, -0.2) is 23.1 Å². The second-order valence-electron chi connectivity index (χ2n) is 3.26. The lowest BCUT2D eigenvalue weighted by Crippen LogP contribution is -2.42. The van der Waals surface area contributed by atoms with Gasteiger partial charge in [0.05, 0.1) is 0 Å². The molecule has 2 amide bonds. The Labute approximate surface area is 93.5 Å². The summed E-state index contributed by atoms with van der Waals surface area (Å²) in [6.45, 7) is 1.70. The number of hydrogen-bond donors (Lipinski definition) is 3. The van der Waals surface area contributed by atoms with Crippen molar-refractivity contribution in [1.82, 2.24) is 5.32 Å². The van der Waals surface area contributed by atoms with Crippen LogP contribution < -0.4 is 10.6 Å². The van der Waals surface area contributed by atoms with E-state index < -0.39 is 18.0 Å². The minimum atomic E-state index is -1.04. The number of benzene rings is 1. The molecule has 1 aromatic rings. The average Bonchev–Trinajstić information content (AvgIpc) is 2.27. The van der Waals surface area contributed by atoms with Crippen molar-refractivity contribution in [3.8, 4) is 0 Å². The van der Waals surface area contributed by atoms with Crippen LogP contribution in [0.5, 0.6) is 0 Å². The summed E-state index contributed by atoms with van der Waals surface area (Å²) < 4.78 is 0. The van der Waals surface area contributed by atoms with Crippen molar-refractivity contribution in [3.63, 3.8) is 0 Å². The predicted octanol–water partition coefficient (Wildman–Crippen LogP) is 1.67. The topological polar surface area (TPSA) is 78.4 Å². The molecule has 1 rings (SSSR count). The molecule has 1 atom stereocenters. The number of carbonyl (C=O) groups excluding carboxylic acids is 1. The van der Waals surface area contributed by atoms with Crippen molar-refractivity contribution in [2.45, 2.75) is 19.4 Å². The summed E-state index contributed by atoms with van der Waals surface area (Å²) in [5, 5.41) is 13.7. The van der Waals surface area contributed by atoms with Gasteiger partial charge < -0.3 is 15.7 Å². The first-order valence-electron chi connectivity index (χ1n) is 4.99. The number of anilines is 1. The van der Waals surface area contributed by atoms with E-state index in [1.807, 2.05) is 6.07 Å². The fraction of sp³-hybridized carbons (Fsp3) is 0.273. The van der Waals surface area contributed by atoms with Gasteiger partial charge in [0.2, 0.25) is 0 Å². The van der Waals surface area contributed by atoms with Gasteiger partial charge in [-0.2, -0.15) is 0 Å². The minimum absolute atomic E-state index is 0.345. The molecule has 0 aliphatic heterocycles. The summed E-state index contributed by atoms with van der Waals surface area (Å²) >= 11 is 0. The smallest absolute Gasteiger partial charge is 0.326 e. The maximum absolute atomic E-state index is 11.4. The number of rotatable bonds is 4. The Morgan fingerprint density at radius 1 is 1.31 bits per heavy atom. The molecular formula is C11H14N2O3. The van der Waals surface area contributed by atoms with E-state index in [9.17, 15) is 9.59 Å². The van der Waals surface area contributed by atoms with E-state index in [1.165, 1.54) is 0 Å². The van der Waals surface area contributed by atoms with Crippen molar-refractivity contribution in [2.75, 3.05) is 5.32 Å². The molecule has 0 spiro atoms. The summed E-state index contributed by atoms with van der Waals surface area (Å²) in [7, 11) is 0. The van der Waals surface area contributed by atoms with E-state index in [-0.39, 0.29) is 0 Å². The summed E-state index contributed by atoms with van der Waals surface area (Å²) in [6.07, 6.45) is 0.345. The van der Waals surface area contributed by atoms with E-state index in [4.69, 9.17) is 5.11 Å². The molecule has 0 fully saturated rings. The zero-order valence-electron chi connectivity index (χ0n) is 8.93. The zero-order valence-corrected chi connectivity index (χ0v) is 8.93. The Morgan fingerprint density at radius 2 is 1.94 bits per heavy atom. The lowest BCUT2D eigenvalue weighted by molar-refractivity contribution is -0.139. The summed E-state index contributed by atoms with van der Waals surface area (Å²) in [5.74, 6) is -1.04. The van der Waals surface area contributed by atoms with Gasteiger partial charge in [-0.1, -0.05) is 25.1 Å². The Kier molecular flexibility index (Phi) is 4.32. The molecular weight excluding hydrogens is 208 g/mol. The SMILES string of the molecule is CC[C@H](NC(=O)Nc1ccccc1)C(=O)O. The van der Waals surface area contributed by atoms with Gasteiger partial charge in [0.15, 0.2) is 0 Å². The minimum Gasteiger partial charge on any atom is -0.480 e. The maximum atomic E-state index is 11.4. The molecule has 16 heavy (non-hydrogen) atoms. The molecule has 0 aromatic heterocycles. The Bertz CT molecular complexity index is 365. The van der Waals surface area contributed by atoms with E-state index >= 15 is 0 Å². The second kappa shape index (κ2) is 5.75. The fourth-order valence-electron chi connectivity index (χ4n) is 1.19.